The molecule has 0 aliphatic heterocycles. The van der Waals surface area contributed by atoms with Crippen LogP contribution in [0.15, 0.2) is 47.6 Å². The third kappa shape index (κ3) is 7.42. The fourth-order valence-corrected chi connectivity index (χ4v) is 2.29. The lowest BCUT2D eigenvalue weighted by molar-refractivity contribution is 0.253. The number of amides is 2. The van der Waals surface area contributed by atoms with Crippen molar-refractivity contribution in [3.05, 3.63) is 54.1 Å². The number of hydrogen-bond acceptors (Lipinski definition) is 5. The minimum atomic E-state index is -0.460. The van der Waals surface area contributed by atoms with Crippen molar-refractivity contribution in [2.24, 2.45) is 10.4 Å². The van der Waals surface area contributed by atoms with Gasteiger partial charge in [-0.1, -0.05) is 26.8 Å². The summed E-state index contributed by atoms with van der Waals surface area (Å²) < 4.78 is 13.5. The maximum atomic E-state index is 13.5. The number of hydrogen-bond donors (Lipinski definition) is 4. The first-order valence-corrected chi connectivity index (χ1v) is 9.18. The molecular weight excluding hydrogens is 373 g/mol. The molecule has 2 aromatic rings. The minimum Gasteiger partial charge on any atom is -0.390 e. The van der Waals surface area contributed by atoms with E-state index in [2.05, 4.69) is 20.6 Å². The van der Waals surface area contributed by atoms with Crippen molar-refractivity contribution in [1.29, 1.82) is 5.41 Å². The van der Waals surface area contributed by atoms with Gasteiger partial charge in [-0.05, 0) is 35.7 Å². The van der Waals surface area contributed by atoms with Crippen LogP contribution in [0, 0.1) is 16.6 Å². The number of benzene rings is 1. The second kappa shape index (κ2) is 9.88. The molecule has 0 atom stereocenters. The molecular formula is C21H26FN5O2. The second-order valence-corrected chi connectivity index (χ2v) is 7.57. The quantitative estimate of drug-likeness (QED) is 0.527. The van der Waals surface area contributed by atoms with Gasteiger partial charge in [-0.25, -0.2) is 9.18 Å². The van der Waals surface area contributed by atoms with Crippen LogP contribution in [0.4, 0.5) is 20.6 Å². The van der Waals surface area contributed by atoms with Gasteiger partial charge in [-0.3, -0.25) is 9.98 Å². The molecule has 29 heavy (non-hydrogen) atoms. The number of pyridine rings is 1. The summed E-state index contributed by atoms with van der Waals surface area (Å²) in [6.45, 7) is 5.71. The molecule has 0 aliphatic rings. The van der Waals surface area contributed by atoms with Gasteiger partial charge in [0.15, 0.2) is 0 Å². The van der Waals surface area contributed by atoms with Crippen LogP contribution < -0.4 is 10.6 Å². The van der Waals surface area contributed by atoms with E-state index in [0.717, 1.165) is 0 Å². The molecule has 0 saturated heterocycles. The smallest absolute Gasteiger partial charge is 0.319 e. The van der Waals surface area contributed by atoms with E-state index in [1.807, 2.05) is 20.8 Å². The summed E-state index contributed by atoms with van der Waals surface area (Å²) in [4.78, 5) is 20.6. The van der Waals surface area contributed by atoms with Crippen molar-refractivity contribution in [3.8, 4) is 0 Å². The highest BCUT2D eigenvalue weighted by Crippen LogP contribution is 2.19. The Morgan fingerprint density at radius 2 is 2.03 bits per heavy atom. The van der Waals surface area contributed by atoms with Crippen molar-refractivity contribution < 1.29 is 14.3 Å². The van der Waals surface area contributed by atoms with Gasteiger partial charge in [-0.2, -0.15) is 0 Å². The first kappa shape index (κ1) is 22.2. The lowest BCUT2D eigenvalue weighted by Crippen LogP contribution is -2.35. The van der Waals surface area contributed by atoms with Gasteiger partial charge in [0.05, 0.1) is 36.4 Å². The van der Waals surface area contributed by atoms with E-state index in [1.165, 1.54) is 18.3 Å². The largest absolute Gasteiger partial charge is 0.390 e. The number of nitrogens with one attached hydrogen (secondary N) is 3. The van der Waals surface area contributed by atoms with E-state index >= 15 is 0 Å². The predicted octanol–water partition coefficient (Wildman–Crippen LogP) is 4.06. The number of aliphatic hydroxyl groups excluding tert-OH is 1. The number of aliphatic hydroxyl groups is 1. The number of aromatic nitrogens is 1. The Labute approximate surface area is 169 Å². The van der Waals surface area contributed by atoms with Crippen LogP contribution in [-0.2, 0) is 6.61 Å². The molecule has 0 aliphatic carbocycles. The van der Waals surface area contributed by atoms with Gasteiger partial charge >= 0.3 is 6.03 Å². The molecule has 2 amide bonds. The first-order chi connectivity index (χ1) is 13.7. The minimum absolute atomic E-state index is 0.100. The molecule has 1 aromatic heterocycles. The summed E-state index contributed by atoms with van der Waals surface area (Å²) in [6.07, 6.45) is 1.70. The molecule has 0 saturated carbocycles. The van der Waals surface area contributed by atoms with Crippen molar-refractivity contribution >= 4 is 28.8 Å². The van der Waals surface area contributed by atoms with Crippen LogP contribution in [0.5, 0.6) is 0 Å². The average Bonchev–Trinajstić information content (AvgIpc) is 2.66. The summed E-state index contributed by atoms with van der Waals surface area (Å²) in [5, 5.41) is 22.6. The number of anilines is 1. The highest BCUT2D eigenvalue weighted by molar-refractivity contribution is 6.07. The molecule has 8 heteroatoms. The first-order valence-electron chi connectivity index (χ1n) is 9.18. The Kier molecular flexibility index (Phi) is 7.55. The topological polar surface area (TPSA) is 110 Å². The van der Waals surface area contributed by atoms with Gasteiger partial charge in [0.1, 0.15) is 5.82 Å². The zero-order valence-corrected chi connectivity index (χ0v) is 16.8. The Morgan fingerprint density at radius 3 is 2.62 bits per heavy atom. The fraction of sp³-hybridized carbons (Fsp3) is 0.333. The van der Waals surface area contributed by atoms with Crippen LogP contribution in [0.2, 0.25) is 0 Å². The van der Waals surface area contributed by atoms with Gasteiger partial charge in [0.25, 0.3) is 0 Å². The number of urea groups is 1. The maximum Gasteiger partial charge on any atom is 0.319 e. The van der Waals surface area contributed by atoms with Crippen LogP contribution in [0.3, 0.4) is 0 Å². The molecule has 1 heterocycles. The van der Waals surface area contributed by atoms with E-state index < -0.39 is 11.8 Å². The molecule has 7 nitrogen and oxygen atoms in total. The normalized spacial score (nSPS) is 11.8. The number of carbonyl (C=O) groups excluding carboxylic acids is 1. The Balaban J connectivity index is 2.07. The standard InChI is InChI=1S/C21H26FN5O2/c1-21(2,3)19(23)10-18(26-15-6-4-5-14(22)9-15)12-25-20(29)27-16-7-8-17(13-28)24-11-16/h4-9,11,23,28H,10,12-13H2,1-3H3,(H2,25,27,29). The maximum absolute atomic E-state index is 13.5. The molecule has 154 valence electrons. The number of rotatable bonds is 7. The monoisotopic (exact) mass is 399 g/mol. The van der Waals surface area contributed by atoms with Crippen LogP contribution in [0.25, 0.3) is 0 Å². The van der Waals surface area contributed by atoms with E-state index in [1.54, 1.807) is 24.3 Å². The third-order valence-corrected chi connectivity index (χ3v) is 4.08. The summed E-state index contributed by atoms with van der Waals surface area (Å²) in [5.74, 6) is -0.402. The predicted molar refractivity (Wildman–Crippen MR) is 112 cm³/mol. The SMILES string of the molecule is CC(C)(C)C(=N)CC(CNC(=O)Nc1ccc(CO)nc1)=Nc1cccc(F)c1. The second-order valence-electron chi connectivity index (χ2n) is 7.57. The van der Waals surface area contributed by atoms with Gasteiger partial charge in [0, 0.05) is 17.8 Å². The number of halogens is 1. The lowest BCUT2D eigenvalue weighted by Gasteiger charge is -2.21. The van der Waals surface area contributed by atoms with Gasteiger partial charge in [0.2, 0.25) is 0 Å². The highest BCUT2D eigenvalue weighted by atomic mass is 19.1. The van der Waals surface area contributed by atoms with E-state index in [-0.39, 0.29) is 25.0 Å². The Bertz CT molecular complexity index is 889. The van der Waals surface area contributed by atoms with Crippen molar-refractivity contribution in [2.75, 3.05) is 11.9 Å². The fourth-order valence-electron chi connectivity index (χ4n) is 2.29. The van der Waals surface area contributed by atoms with E-state index in [4.69, 9.17) is 10.5 Å². The molecule has 2 rings (SSSR count). The van der Waals surface area contributed by atoms with E-state index in [0.29, 0.717) is 28.5 Å². The summed E-state index contributed by atoms with van der Waals surface area (Å²) >= 11 is 0. The molecule has 0 bridgehead atoms. The molecule has 4 N–H and O–H groups in total. The summed E-state index contributed by atoms with van der Waals surface area (Å²) in [5.41, 5.74) is 2.06. The molecule has 0 fully saturated rings. The van der Waals surface area contributed by atoms with Crippen molar-refractivity contribution in [3.63, 3.8) is 0 Å². The zero-order chi connectivity index (χ0) is 21.4. The average molecular weight is 399 g/mol. The lowest BCUT2D eigenvalue weighted by atomic mass is 9.87. The number of carbonyl (C=O) groups is 1. The van der Waals surface area contributed by atoms with Crippen LogP contribution in [-0.4, -0.2) is 34.1 Å². The molecule has 1 aromatic carbocycles. The Morgan fingerprint density at radius 1 is 1.28 bits per heavy atom. The Hall–Kier alpha value is -3.13. The van der Waals surface area contributed by atoms with Crippen molar-refractivity contribution in [1.82, 2.24) is 10.3 Å². The van der Waals surface area contributed by atoms with Crippen LogP contribution >= 0.6 is 0 Å². The summed E-state index contributed by atoms with van der Waals surface area (Å²) in [6, 6.07) is 8.64. The summed E-state index contributed by atoms with van der Waals surface area (Å²) in [7, 11) is 0. The van der Waals surface area contributed by atoms with Crippen molar-refractivity contribution in [2.45, 2.75) is 33.8 Å². The van der Waals surface area contributed by atoms with Gasteiger partial charge in [-0.15, -0.1) is 0 Å². The highest BCUT2D eigenvalue weighted by Gasteiger charge is 2.19. The molecule has 0 unspecified atom stereocenters. The van der Waals surface area contributed by atoms with Crippen LogP contribution in [0.1, 0.15) is 32.9 Å². The van der Waals surface area contributed by atoms with Gasteiger partial charge < -0.3 is 21.1 Å². The number of nitrogens with zero attached hydrogens (tertiary/aromatic N) is 2. The number of aliphatic imine (C=N–C) groups is 1. The molecule has 0 spiro atoms. The molecule has 0 radical (unpaired) electrons. The van der Waals surface area contributed by atoms with E-state index in [9.17, 15) is 9.18 Å². The zero-order valence-electron chi connectivity index (χ0n) is 16.8. The third-order valence-electron chi connectivity index (χ3n) is 4.08.